The maximum Gasteiger partial charge on any atom is 0.469 e. The highest BCUT2D eigenvalue weighted by Crippen LogP contribution is 2.36. The highest BCUT2D eigenvalue weighted by atomic mass is 31.2. The van der Waals surface area contributed by atoms with Crippen LogP contribution < -0.4 is 0 Å². The van der Waals surface area contributed by atoms with E-state index in [0.717, 1.165) is 51.4 Å². The summed E-state index contributed by atoms with van der Waals surface area (Å²) in [4.78, 5) is 43.0. The quantitative estimate of drug-likeness (QED) is 0.0269. The lowest BCUT2D eigenvalue weighted by Crippen LogP contribution is -2.29. The lowest BCUT2D eigenvalue weighted by atomic mass is 10.0. The van der Waals surface area contributed by atoms with E-state index < -0.39 is 32.5 Å². The number of hydrogen-bond acceptors (Lipinski definition) is 6. The molecule has 0 aromatic heterocycles. The number of hydrogen-bond donors (Lipinski definition) is 2. The van der Waals surface area contributed by atoms with Crippen molar-refractivity contribution in [3.05, 3.63) is 36.5 Å². The van der Waals surface area contributed by atoms with E-state index in [0.29, 0.717) is 6.42 Å². The summed E-state index contributed by atoms with van der Waals surface area (Å²) in [6.07, 6.45) is 55.9. The third-order valence-electron chi connectivity index (χ3n) is 10.9. The molecule has 0 saturated carbocycles. The van der Waals surface area contributed by atoms with Crippen LogP contribution in [-0.4, -0.2) is 41.0 Å². The third-order valence-corrected chi connectivity index (χ3v) is 11.4. The number of ether oxygens (including phenoxy) is 2. The van der Waals surface area contributed by atoms with Gasteiger partial charge in [-0.25, -0.2) is 4.57 Å². The van der Waals surface area contributed by atoms with Gasteiger partial charge in [0.2, 0.25) is 0 Å². The minimum atomic E-state index is -4.76. The summed E-state index contributed by atoms with van der Waals surface area (Å²) < 4.78 is 26.5. The van der Waals surface area contributed by atoms with E-state index in [-0.39, 0.29) is 19.4 Å². The predicted molar refractivity (Wildman–Crippen MR) is 248 cm³/mol. The molecule has 0 aromatic carbocycles. The number of unbranched alkanes of at least 4 members (excludes halogenated alkanes) is 30. The van der Waals surface area contributed by atoms with Crippen molar-refractivity contribution in [2.75, 3.05) is 13.2 Å². The van der Waals surface area contributed by atoms with Crippen LogP contribution in [0.25, 0.3) is 0 Å². The predicted octanol–water partition coefficient (Wildman–Crippen LogP) is 15.7. The van der Waals surface area contributed by atoms with Crippen molar-refractivity contribution < 1.29 is 37.9 Å². The second kappa shape index (κ2) is 45.8. The first-order valence-corrected chi connectivity index (χ1v) is 26.3. The van der Waals surface area contributed by atoms with Crippen LogP contribution in [0.1, 0.15) is 251 Å². The topological polar surface area (TPSA) is 119 Å². The van der Waals surface area contributed by atoms with Crippen molar-refractivity contribution in [1.29, 1.82) is 0 Å². The van der Waals surface area contributed by atoms with Crippen molar-refractivity contribution in [2.24, 2.45) is 0 Å². The molecule has 0 heterocycles. The van der Waals surface area contributed by atoms with Crippen LogP contribution in [0.5, 0.6) is 0 Å². The van der Waals surface area contributed by atoms with Crippen LogP contribution in [0.15, 0.2) is 36.5 Å². The zero-order valence-corrected chi connectivity index (χ0v) is 39.3. The van der Waals surface area contributed by atoms with Gasteiger partial charge in [-0.05, 0) is 70.6 Å². The normalized spacial score (nSPS) is 12.7. The van der Waals surface area contributed by atoms with E-state index in [1.54, 1.807) is 0 Å². The van der Waals surface area contributed by atoms with E-state index in [2.05, 4.69) is 54.8 Å². The fraction of sp³-hybridized carbons (Fsp3) is 0.840. The summed E-state index contributed by atoms with van der Waals surface area (Å²) in [6.45, 7) is 3.69. The molecule has 9 heteroatoms. The Hall–Kier alpha value is -1.73. The van der Waals surface area contributed by atoms with Gasteiger partial charge in [0.1, 0.15) is 6.61 Å². The molecular weight excluding hydrogens is 760 g/mol. The van der Waals surface area contributed by atoms with Crippen LogP contribution in [-0.2, 0) is 28.2 Å². The fourth-order valence-electron chi connectivity index (χ4n) is 7.16. The van der Waals surface area contributed by atoms with Crippen LogP contribution >= 0.6 is 7.82 Å². The first-order valence-electron chi connectivity index (χ1n) is 24.8. The standard InChI is InChI=1S/C50H93O8P/c1-3-5-7-9-11-13-15-17-19-21-23-24-25-26-27-29-30-32-34-36-38-40-42-44-49(51)56-46-48(47-57-59(53,54)55)58-50(52)45-43-41-39-37-35-33-31-28-22-20-18-16-14-12-10-8-6-4-2/h14,16,20-23,48H,3-13,15,17-19,24-47H2,1-2H3,(H2,53,54,55)/b16-14-,22-20-,23-21-. The average molecular weight is 853 g/mol. The van der Waals surface area contributed by atoms with Gasteiger partial charge in [0.15, 0.2) is 6.10 Å². The van der Waals surface area contributed by atoms with Gasteiger partial charge in [0, 0.05) is 12.8 Å². The maximum atomic E-state index is 12.5. The SMILES string of the molecule is CCCCCC/C=C\C/C=C\CCCCCCCCCC(=O)OC(COC(=O)CCCCCCCCCCCCC/C=C\CCCCCCCCCC)COP(=O)(O)O. The Bertz CT molecular complexity index is 1050. The number of esters is 2. The number of phosphoric acid groups is 1. The molecule has 0 aromatic rings. The lowest BCUT2D eigenvalue weighted by Gasteiger charge is -2.18. The van der Waals surface area contributed by atoms with Gasteiger partial charge < -0.3 is 19.3 Å². The van der Waals surface area contributed by atoms with Crippen LogP contribution in [0.3, 0.4) is 0 Å². The van der Waals surface area contributed by atoms with Gasteiger partial charge in [-0.3, -0.25) is 14.1 Å². The molecule has 0 amide bonds. The highest BCUT2D eigenvalue weighted by molar-refractivity contribution is 7.46. The molecule has 0 spiro atoms. The molecule has 0 radical (unpaired) electrons. The largest absolute Gasteiger partial charge is 0.469 e. The van der Waals surface area contributed by atoms with Gasteiger partial charge >= 0.3 is 19.8 Å². The second-order valence-corrected chi connectivity index (χ2v) is 18.0. The van der Waals surface area contributed by atoms with Gasteiger partial charge in [-0.2, -0.15) is 0 Å². The number of carbonyl (C=O) groups excluding carboxylic acids is 2. The van der Waals surface area contributed by atoms with Crippen molar-refractivity contribution in [3.63, 3.8) is 0 Å². The Labute approximate surface area is 363 Å². The Balaban J connectivity index is 3.82. The summed E-state index contributed by atoms with van der Waals surface area (Å²) in [5, 5.41) is 0. The number of allylic oxidation sites excluding steroid dienone is 6. The Morgan fingerprint density at radius 1 is 0.441 bits per heavy atom. The Kier molecular flexibility index (Phi) is 44.4. The van der Waals surface area contributed by atoms with Gasteiger partial charge in [0.25, 0.3) is 0 Å². The van der Waals surface area contributed by atoms with Crippen molar-refractivity contribution in [3.8, 4) is 0 Å². The van der Waals surface area contributed by atoms with E-state index in [1.165, 1.54) is 167 Å². The van der Waals surface area contributed by atoms with Crippen LogP contribution in [0, 0.1) is 0 Å². The molecule has 2 N–H and O–H groups in total. The van der Waals surface area contributed by atoms with Crippen LogP contribution in [0.2, 0.25) is 0 Å². The fourth-order valence-corrected chi connectivity index (χ4v) is 7.53. The van der Waals surface area contributed by atoms with E-state index >= 15 is 0 Å². The molecule has 0 saturated heterocycles. The molecule has 0 rings (SSSR count). The molecular formula is C50H93O8P. The minimum absolute atomic E-state index is 0.204. The molecule has 59 heavy (non-hydrogen) atoms. The zero-order valence-electron chi connectivity index (χ0n) is 38.4. The number of rotatable bonds is 46. The monoisotopic (exact) mass is 853 g/mol. The molecule has 0 aliphatic carbocycles. The van der Waals surface area contributed by atoms with Gasteiger partial charge in [0.05, 0.1) is 6.61 Å². The highest BCUT2D eigenvalue weighted by Gasteiger charge is 2.23. The summed E-state index contributed by atoms with van der Waals surface area (Å²) >= 11 is 0. The molecule has 1 unspecified atom stereocenters. The number of phosphoric ester groups is 1. The zero-order chi connectivity index (χ0) is 43.2. The molecule has 346 valence electrons. The lowest BCUT2D eigenvalue weighted by molar-refractivity contribution is -0.161. The number of carbonyl (C=O) groups is 2. The molecule has 0 fully saturated rings. The van der Waals surface area contributed by atoms with E-state index in [9.17, 15) is 14.2 Å². The summed E-state index contributed by atoms with van der Waals surface area (Å²) in [7, 11) is -4.76. The van der Waals surface area contributed by atoms with E-state index in [4.69, 9.17) is 19.3 Å². The first kappa shape index (κ1) is 57.3. The van der Waals surface area contributed by atoms with Crippen molar-refractivity contribution in [2.45, 2.75) is 258 Å². The summed E-state index contributed by atoms with van der Waals surface area (Å²) in [6, 6.07) is 0. The first-order chi connectivity index (χ1) is 28.8. The molecule has 0 bridgehead atoms. The van der Waals surface area contributed by atoms with Crippen molar-refractivity contribution in [1.82, 2.24) is 0 Å². The molecule has 0 aliphatic heterocycles. The summed E-state index contributed by atoms with van der Waals surface area (Å²) in [5.41, 5.74) is 0. The second-order valence-electron chi connectivity index (χ2n) is 16.8. The third kappa shape index (κ3) is 48.8. The molecule has 0 aliphatic rings. The minimum Gasteiger partial charge on any atom is -0.462 e. The summed E-state index contributed by atoms with van der Waals surface area (Å²) in [5.74, 6) is -0.886. The van der Waals surface area contributed by atoms with Crippen molar-refractivity contribution >= 4 is 19.8 Å². The smallest absolute Gasteiger partial charge is 0.462 e. The van der Waals surface area contributed by atoms with Gasteiger partial charge in [-0.15, -0.1) is 0 Å². The average Bonchev–Trinajstić information content (AvgIpc) is 3.21. The van der Waals surface area contributed by atoms with Gasteiger partial charge in [-0.1, -0.05) is 204 Å². The Morgan fingerprint density at radius 3 is 1.15 bits per heavy atom. The molecule has 1 atom stereocenters. The Morgan fingerprint density at radius 2 is 0.763 bits per heavy atom. The maximum absolute atomic E-state index is 12.5. The van der Waals surface area contributed by atoms with Crippen LogP contribution in [0.4, 0.5) is 0 Å². The molecule has 8 nitrogen and oxygen atoms in total. The van der Waals surface area contributed by atoms with E-state index in [1.807, 2.05) is 0 Å².